The van der Waals surface area contributed by atoms with E-state index in [0.717, 1.165) is 39.0 Å². The minimum absolute atomic E-state index is 0.0213. The van der Waals surface area contributed by atoms with Crippen LogP contribution in [-0.2, 0) is 29.0 Å². The molecule has 0 aliphatic carbocycles. The first kappa shape index (κ1) is 23.6. The largest absolute Gasteiger partial charge is 0.490 e. The Morgan fingerprint density at radius 3 is 2.77 bits per heavy atom. The van der Waals surface area contributed by atoms with Crippen molar-refractivity contribution in [1.29, 1.82) is 0 Å². The summed E-state index contributed by atoms with van der Waals surface area (Å²) in [5.41, 5.74) is 2.14. The lowest BCUT2D eigenvalue weighted by molar-refractivity contribution is -0.0114. The number of methoxy groups -OCH3 is 1. The number of hydrogen-bond donors (Lipinski definition) is 0. The van der Waals surface area contributed by atoms with Crippen molar-refractivity contribution in [3.63, 3.8) is 0 Å². The van der Waals surface area contributed by atoms with E-state index in [0.29, 0.717) is 43.1 Å². The molecule has 7 nitrogen and oxygen atoms in total. The molecule has 0 bridgehead atoms. The fraction of sp³-hybridized carbons (Fsp3) is 0.429. The first-order valence-corrected chi connectivity index (χ1v) is 12.4. The zero-order chi connectivity index (χ0) is 24.2. The van der Waals surface area contributed by atoms with Gasteiger partial charge in [-0.2, -0.15) is 0 Å². The molecule has 1 unspecified atom stereocenters. The lowest BCUT2D eigenvalue weighted by Crippen LogP contribution is -2.30. The summed E-state index contributed by atoms with van der Waals surface area (Å²) in [6.45, 7) is 3.76. The van der Waals surface area contributed by atoms with Crippen LogP contribution in [-0.4, -0.2) is 55.0 Å². The topological polar surface area (TPSA) is 70.0 Å². The summed E-state index contributed by atoms with van der Waals surface area (Å²) in [4.78, 5) is 28.2. The van der Waals surface area contributed by atoms with Gasteiger partial charge < -0.3 is 18.8 Å². The number of fused-ring (bicyclic) bond motifs is 2. The SMILES string of the molecule is COC(=O)c1c(OCC2CCCCO2)cc(=O)n2c1CCN(Cc1cccc3ccccc13)CC2. The van der Waals surface area contributed by atoms with Crippen molar-refractivity contribution in [2.45, 2.75) is 44.9 Å². The van der Waals surface area contributed by atoms with E-state index >= 15 is 0 Å². The molecule has 2 aliphatic rings. The van der Waals surface area contributed by atoms with Crippen LogP contribution in [0.15, 0.2) is 53.3 Å². The molecule has 184 valence electrons. The zero-order valence-electron chi connectivity index (χ0n) is 20.2. The second-order valence-electron chi connectivity index (χ2n) is 9.28. The van der Waals surface area contributed by atoms with Crippen molar-refractivity contribution in [3.8, 4) is 5.75 Å². The van der Waals surface area contributed by atoms with Crippen LogP contribution in [0.2, 0.25) is 0 Å². The molecule has 3 aromatic rings. The van der Waals surface area contributed by atoms with E-state index < -0.39 is 5.97 Å². The number of hydrogen-bond acceptors (Lipinski definition) is 6. The van der Waals surface area contributed by atoms with Gasteiger partial charge >= 0.3 is 5.97 Å². The third kappa shape index (κ3) is 5.11. The van der Waals surface area contributed by atoms with Crippen LogP contribution in [0.1, 0.15) is 40.9 Å². The van der Waals surface area contributed by atoms with Crippen LogP contribution in [0, 0.1) is 0 Å². The van der Waals surface area contributed by atoms with Gasteiger partial charge in [-0.25, -0.2) is 4.79 Å². The van der Waals surface area contributed by atoms with Crippen LogP contribution in [0.25, 0.3) is 10.8 Å². The molecule has 0 spiro atoms. The highest BCUT2D eigenvalue weighted by Gasteiger charge is 2.27. The van der Waals surface area contributed by atoms with Crippen LogP contribution in [0.3, 0.4) is 0 Å². The Labute approximate surface area is 205 Å². The zero-order valence-corrected chi connectivity index (χ0v) is 20.2. The average Bonchev–Trinajstić information content (AvgIpc) is 3.11. The molecule has 1 saturated heterocycles. The number of rotatable bonds is 6. The minimum Gasteiger partial charge on any atom is -0.490 e. The third-order valence-electron chi connectivity index (χ3n) is 7.05. The number of nitrogens with zero attached hydrogens (tertiary/aromatic N) is 2. The van der Waals surface area contributed by atoms with E-state index in [9.17, 15) is 9.59 Å². The van der Waals surface area contributed by atoms with Crippen molar-refractivity contribution >= 4 is 16.7 Å². The molecule has 2 aromatic carbocycles. The van der Waals surface area contributed by atoms with Crippen molar-refractivity contribution in [2.75, 3.05) is 33.4 Å². The van der Waals surface area contributed by atoms with Crippen LogP contribution < -0.4 is 10.3 Å². The summed E-state index contributed by atoms with van der Waals surface area (Å²) in [7, 11) is 1.36. The van der Waals surface area contributed by atoms with Gasteiger partial charge in [0.25, 0.3) is 5.56 Å². The summed E-state index contributed by atoms with van der Waals surface area (Å²) in [5.74, 6) is -0.180. The number of ether oxygens (including phenoxy) is 3. The number of aromatic nitrogens is 1. The Bertz CT molecular complexity index is 1260. The van der Waals surface area contributed by atoms with E-state index in [1.807, 2.05) is 0 Å². The number of pyridine rings is 1. The van der Waals surface area contributed by atoms with E-state index in [1.54, 1.807) is 4.57 Å². The predicted molar refractivity (Wildman–Crippen MR) is 134 cm³/mol. The molecule has 1 atom stereocenters. The predicted octanol–water partition coefficient (Wildman–Crippen LogP) is 3.79. The van der Waals surface area contributed by atoms with Gasteiger partial charge in [0.15, 0.2) is 0 Å². The van der Waals surface area contributed by atoms with Gasteiger partial charge in [-0.3, -0.25) is 9.69 Å². The second kappa shape index (κ2) is 10.6. The Balaban J connectivity index is 1.39. The molecule has 0 N–H and O–H groups in total. The highest BCUT2D eigenvalue weighted by atomic mass is 16.5. The Kier molecular flexibility index (Phi) is 7.16. The minimum atomic E-state index is -0.476. The first-order chi connectivity index (χ1) is 17.1. The number of benzene rings is 2. The van der Waals surface area contributed by atoms with E-state index in [4.69, 9.17) is 14.2 Å². The lowest BCUT2D eigenvalue weighted by Gasteiger charge is -2.24. The normalized spacial score (nSPS) is 18.6. The van der Waals surface area contributed by atoms with Crippen LogP contribution >= 0.6 is 0 Å². The molecule has 1 fully saturated rings. The molecule has 0 amide bonds. The maximum absolute atomic E-state index is 13.1. The Hall–Kier alpha value is -3.16. The first-order valence-electron chi connectivity index (χ1n) is 12.4. The van der Waals surface area contributed by atoms with E-state index in [1.165, 1.54) is 29.5 Å². The molecule has 1 aromatic heterocycles. The standard InChI is InChI=1S/C28H32N2O5/c1-33-28(32)27-24-12-13-29(18-21-9-6-8-20-7-2-3-11-23(20)21)14-15-30(24)26(31)17-25(27)35-19-22-10-4-5-16-34-22/h2-3,6-9,11,17,22H,4-5,10,12-16,18-19H2,1H3. The molecule has 35 heavy (non-hydrogen) atoms. The van der Waals surface area contributed by atoms with Crippen molar-refractivity contribution in [3.05, 3.63) is 75.7 Å². The van der Waals surface area contributed by atoms with Gasteiger partial charge in [0.2, 0.25) is 0 Å². The molecular weight excluding hydrogens is 444 g/mol. The second-order valence-corrected chi connectivity index (χ2v) is 9.28. The summed E-state index contributed by atoms with van der Waals surface area (Å²) >= 11 is 0. The highest BCUT2D eigenvalue weighted by molar-refractivity contribution is 5.93. The smallest absolute Gasteiger partial charge is 0.343 e. The van der Waals surface area contributed by atoms with Gasteiger partial charge in [-0.15, -0.1) is 0 Å². The van der Waals surface area contributed by atoms with E-state index in [2.05, 4.69) is 47.4 Å². The summed E-state index contributed by atoms with van der Waals surface area (Å²) in [6, 6.07) is 16.2. The lowest BCUT2D eigenvalue weighted by atomic mass is 10.0. The highest BCUT2D eigenvalue weighted by Crippen LogP contribution is 2.26. The maximum Gasteiger partial charge on any atom is 0.343 e. The quantitative estimate of drug-likeness (QED) is 0.504. The molecule has 3 heterocycles. The van der Waals surface area contributed by atoms with Gasteiger partial charge in [-0.1, -0.05) is 42.5 Å². The molecule has 0 radical (unpaired) electrons. The van der Waals surface area contributed by atoms with E-state index in [-0.39, 0.29) is 11.7 Å². The monoisotopic (exact) mass is 476 g/mol. The fourth-order valence-electron chi connectivity index (χ4n) is 5.18. The molecule has 5 rings (SSSR count). The number of carbonyl (C=O) groups is 1. The third-order valence-corrected chi connectivity index (χ3v) is 7.05. The average molecular weight is 477 g/mol. The number of esters is 1. The van der Waals surface area contributed by atoms with Crippen molar-refractivity contribution in [1.82, 2.24) is 9.47 Å². The van der Waals surface area contributed by atoms with Gasteiger partial charge in [-0.05, 0) is 35.6 Å². The number of carbonyl (C=O) groups excluding carboxylic acids is 1. The summed E-state index contributed by atoms with van der Waals surface area (Å²) in [6.07, 6.45) is 3.60. The molecule has 7 heteroatoms. The Morgan fingerprint density at radius 1 is 1.09 bits per heavy atom. The van der Waals surface area contributed by atoms with Gasteiger partial charge in [0.05, 0.1) is 13.2 Å². The van der Waals surface area contributed by atoms with Crippen LogP contribution in [0.5, 0.6) is 5.75 Å². The fourth-order valence-corrected chi connectivity index (χ4v) is 5.18. The molecule has 0 saturated carbocycles. The van der Waals surface area contributed by atoms with Crippen molar-refractivity contribution in [2.24, 2.45) is 0 Å². The van der Waals surface area contributed by atoms with Crippen molar-refractivity contribution < 1.29 is 19.0 Å². The molecular formula is C28H32N2O5. The maximum atomic E-state index is 13.1. The molecule has 2 aliphatic heterocycles. The summed E-state index contributed by atoms with van der Waals surface area (Å²) in [5, 5.41) is 2.46. The van der Waals surface area contributed by atoms with Crippen LogP contribution in [0.4, 0.5) is 0 Å². The summed E-state index contributed by atoms with van der Waals surface area (Å²) < 4.78 is 18.6. The van der Waals surface area contributed by atoms with Gasteiger partial charge in [0.1, 0.15) is 17.9 Å². The Morgan fingerprint density at radius 2 is 1.94 bits per heavy atom. The van der Waals surface area contributed by atoms with Gasteiger partial charge in [0, 0.05) is 51.0 Å².